The fourth-order valence-electron chi connectivity index (χ4n) is 1.81. The Bertz CT molecular complexity index is 171. The van der Waals surface area contributed by atoms with Gasteiger partial charge >= 0.3 is 0 Å². The van der Waals surface area contributed by atoms with Crippen molar-refractivity contribution in [2.24, 2.45) is 5.73 Å². The molecule has 0 spiro atoms. The van der Waals surface area contributed by atoms with E-state index in [0.717, 1.165) is 19.3 Å². The number of nitrogens with two attached hydrogens (primary N) is 1. The minimum atomic E-state index is 0.403. The van der Waals surface area contributed by atoms with Crippen LogP contribution >= 0.6 is 0 Å². The van der Waals surface area contributed by atoms with E-state index in [2.05, 4.69) is 18.2 Å². The highest BCUT2D eigenvalue weighted by Crippen LogP contribution is 2.17. The van der Waals surface area contributed by atoms with Crippen molar-refractivity contribution in [3.63, 3.8) is 0 Å². The van der Waals surface area contributed by atoms with Gasteiger partial charge in [0.05, 0.1) is 0 Å². The largest absolute Gasteiger partial charge is 0.328 e. The molecule has 1 fully saturated rings. The summed E-state index contributed by atoms with van der Waals surface area (Å²) in [6.45, 7) is 2.13. The maximum Gasteiger partial charge on any atom is 0.0238 e. The van der Waals surface area contributed by atoms with Crippen molar-refractivity contribution in [2.75, 3.05) is 0 Å². The van der Waals surface area contributed by atoms with Gasteiger partial charge in [-0.25, -0.2) is 0 Å². The SMILES string of the molecule is C#CCC(C)NC1CCC(N)C1. The molecule has 3 unspecified atom stereocenters. The van der Waals surface area contributed by atoms with Crippen LogP contribution in [0.2, 0.25) is 0 Å². The normalized spacial score (nSPS) is 31.4. The van der Waals surface area contributed by atoms with E-state index in [9.17, 15) is 0 Å². The molecule has 68 valence electrons. The molecule has 3 N–H and O–H groups in total. The van der Waals surface area contributed by atoms with Gasteiger partial charge in [-0.1, -0.05) is 0 Å². The zero-order valence-corrected chi connectivity index (χ0v) is 7.72. The lowest BCUT2D eigenvalue weighted by atomic mass is 10.2. The Hall–Kier alpha value is -0.520. The first-order chi connectivity index (χ1) is 5.72. The quantitative estimate of drug-likeness (QED) is 0.610. The zero-order chi connectivity index (χ0) is 8.97. The molecule has 0 bridgehead atoms. The van der Waals surface area contributed by atoms with Crippen LogP contribution in [0.1, 0.15) is 32.6 Å². The third-order valence-corrected chi connectivity index (χ3v) is 2.42. The lowest BCUT2D eigenvalue weighted by Gasteiger charge is -2.17. The number of rotatable bonds is 3. The second kappa shape index (κ2) is 4.49. The maximum atomic E-state index is 5.79. The van der Waals surface area contributed by atoms with Crippen molar-refractivity contribution in [2.45, 2.75) is 50.7 Å². The molecule has 3 atom stereocenters. The molecule has 12 heavy (non-hydrogen) atoms. The molecule has 0 heterocycles. The molecule has 0 aromatic heterocycles. The number of terminal acetylenes is 1. The highest BCUT2D eigenvalue weighted by Gasteiger charge is 2.22. The van der Waals surface area contributed by atoms with E-state index < -0.39 is 0 Å². The Morgan fingerprint density at radius 2 is 2.42 bits per heavy atom. The molecule has 0 radical (unpaired) electrons. The molecule has 0 aromatic carbocycles. The number of hydrogen-bond acceptors (Lipinski definition) is 2. The molecule has 1 aliphatic carbocycles. The first-order valence-electron chi connectivity index (χ1n) is 4.67. The minimum Gasteiger partial charge on any atom is -0.328 e. The minimum absolute atomic E-state index is 0.403. The summed E-state index contributed by atoms with van der Waals surface area (Å²) in [6.07, 6.45) is 9.49. The molecule has 2 nitrogen and oxygen atoms in total. The summed E-state index contributed by atoms with van der Waals surface area (Å²) in [5.74, 6) is 2.66. The van der Waals surface area contributed by atoms with Crippen LogP contribution in [0.15, 0.2) is 0 Å². The van der Waals surface area contributed by atoms with Crippen LogP contribution < -0.4 is 11.1 Å². The summed E-state index contributed by atoms with van der Waals surface area (Å²) in [4.78, 5) is 0. The molecule has 1 aliphatic rings. The van der Waals surface area contributed by atoms with Crippen LogP contribution in [-0.2, 0) is 0 Å². The van der Waals surface area contributed by atoms with Gasteiger partial charge in [0.25, 0.3) is 0 Å². The van der Waals surface area contributed by atoms with Crippen molar-refractivity contribution < 1.29 is 0 Å². The Morgan fingerprint density at radius 3 is 2.92 bits per heavy atom. The van der Waals surface area contributed by atoms with E-state index in [0.29, 0.717) is 18.1 Å². The molecule has 0 aliphatic heterocycles. The molecule has 1 rings (SSSR count). The summed E-state index contributed by atoms with van der Waals surface area (Å²) >= 11 is 0. The Labute approximate surface area is 74.9 Å². The number of hydrogen-bond donors (Lipinski definition) is 2. The van der Waals surface area contributed by atoms with Gasteiger partial charge in [-0.2, -0.15) is 0 Å². The molecule has 1 saturated carbocycles. The van der Waals surface area contributed by atoms with Crippen LogP contribution in [0, 0.1) is 12.3 Å². The maximum absolute atomic E-state index is 5.79. The second-order valence-electron chi connectivity index (χ2n) is 3.75. The van der Waals surface area contributed by atoms with Crippen LogP contribution in [0.4, 0.5) is 0 Å². The van der Waals surface area contributed by atoms with Gasteiger partial charge in [0, 0.05) is 24.5 Å². The van der Waals surface area contributed by atoms with Gasteiger partial charge in [0.1, 0.15) is 0 Å². The van der Waals surface area contributed by atoms with Gasteiger partial charge in [0.15, 0.2) is 0 Å². The summed E-state index contributed by atoms with van der Waals surface area (Å²) in [5.41, 5.74) is 5.79. The van der Waals surface area contributed by atoms with Crippen molar-refractivity contribution in [1.29, 1.82) is 0 Å². The molecular weight excluding hydrogens is 148 g/mol. The predicted octanol–water partition coefficient (Wildman–Crippen LogP) is 0.868. The van der Waals surface area contributed by atoms with Gasteiger partial charge in [-0.3, -0.25) is 0 Å². The molecule has 0 aromatic rings. The van der Waals surface area contributed by atoms with E-state index in [4.69, 9.17) is 12.2 Å². The van der Waals surface area contributed by atoms with Gasteiger partial charge in [0.2, 0.25) is 0 Å². The van der Waals surface area contributed by atoms with E-state index in [1.807, 2.05) is 0 Å². The first kappa shape index (κ1) is 9.57. The van der Waals surface area contributed by atoms with Crippen LogP contribution in [0.3, 0.4) is 0 Å². The van der Waals surface area contributed by atoms with Crippen LogP contribution in [0.5, 0.6) is 0 Å². The smallest absolute Gasteiger partial charge is 0.0238 e. The zero-order valence-electron chi connectivity index (χ0n) is 7.72. The molecule has 0 saturated heterocycles. The lowest BCUT2D eigenvalue weighted by Crippen LogP contribution is -2.35. The summed E-state index contributed by atoms with van der Waals surface area (Å²) in [5, 5.41) is 3.49. The van der Waals surface area contributed by atoms with E-state index >= 15 is 0 Å². The number of nitrogens with one attached hydrogen (secondary N) is 1. The molecule has 0 amide bonds. The third-order valence-electron chi connectivity index (χ3n) is 2.42. The predicted molar refractivity (Wildman–Crippen MR) is 51.7 cm³/mol. The van der Waals surface area contributed by atoms with E-state index in [1.54, 1.807) is 0 Å². The first-order valence-corrected chi connectivity index (χ1v) is 4.67. The summed E-state index contributed by atoms with van der Waals surface area (Å²) in [6, 6.07) is 1.44. The average Bonchev–Trinajstić information content (AvgIpc) is 2.36. The van der Waals surface area contributed by atoms with Gasteiger partial charge in [-0.05, 0) is 26.2 Å². The van der Waals surface area contributed by atoms with Crippen molar-refractivity contribution in [3.05, 3.63) is 0 Å². The van der Waals surface area contributed by atoms with Gasteiger partial charge < -0.3 is 11.1 Å². The van der Waals surface area contributed by atoms with Crippen molar-refractivity contribution in [3.8, 4) is 12.3 Å². The van der Waals surface area contributed by atoms with Crippen LogP contribution in [-0.4, -0.2) is 18.1 Å². The standard InChI is InChI=1S/C10H18N2/c1-3-4-8(2)12-10-6-5-9(11)7-10/h1,8-10,12H,4-7,11H2,2H3. The average molecular weight is 166 g/mol. The monoisotopic (exact) mass is 166 g/mol. The van der Waals surface area contributed by atoms with Crippen LogP contribution in [0.25, 0.3) is 0 Å². The Balaban J connectivity index is 2.19. The molecular formula is C10H18N2. The van der Waals surface area contributed by atoms with E-state index in [-0.39, 0.29) is 0 Å². The van der Waals surface area contributed by atoms with Crippen molar-refractivity contribution in [1.82, 2.24) is 5.32 Å². The highest BCUT2D eigenvalue weighted by atomic mass is 15.0. The van der Waals surface area contributed by atoms with E-state index in [1.165, 1.54) is 6.42 Å². The summed E-state index contributed by atoms with van der Waals surface area (Å²) in [7, 11) is 0. The lowest BCUT2D eigenvalue weighted by molar-refractivity contribution is 0.451. The fraction of sp³-hybridized carbons (Fsp3) is 0.800. The van der Waals surface area contributed by atoms with Crippen molar-refractivity contribution >= 4 is 0 Å². The fourth-order valence-corrected chi connectivity index (χ4v) is 1.81. The Kier molecular flexibility index (Phi) is 3.58. The Morgan fingerprint density at radius 1 is 1.67 bits per heavy atom. The summed E-state index contributed by atoms with van der Waals surface area (Å²) < 4.78 is 0. The topological polar surface area (TPSA) is 38.0 Å². The third kappa shape index (κ3) is 2.84. The highest BCUT2D eigenvalue weighted by molar-refractivity contribution is 4.91. The van der Waals surface area contributed by atoms with Gasteiger partial charge in [-0.15, -0.1) is 12.3 Å². The second-order valence-corrected chi connectivity index (χ2v) is 3.75. The molecule has 2 heteroatoms.